The van der Waals surface area contributed by atoms with Gasteiger partial charge in [-0.25, -0.2) is 0 Å². The second-order valence-electron chi connectivity index (χ2n) is 4.16. The van der Waals surface area contributed by atoms with E-state index in [1.54, 1.807) is 6.20 Å². The van der Waals surface area contributed by atoms with Crippen LogP contribution in [-0.2, 0) is 6.42 Å². The number of pyridine rings is 1. The maximum atomic E-state index is 5.79. The average Bonchev–Trinajstić information content (AvgIpc) is 2.36. The zero-order chi connectivity index (χ0) is 12.1. The molecule has 0 amide bonds. The van der Waals surface area contributed by atoms with E-state index in [4.69, 9.17) is 4.74 Å². The van der Waals surface area contributed by atoms with Crippen molar-refractivity contribution in [2.24, 2.45) is 0 Å². The summed E-state index contributed by atoms with van der Waals surface area (Å²) < 4.78 is 5.79. The number of hydrogen-bond donors (Lipinski definition) is 0. The topological polar surface area (TPSA) is 22.1 Å². The van der Waals surface area contributed by atoms with Gasteiger partial charge in [-0.1, -0.05) is 18.2 Å². The zero-order valence-corrected chi connectivity index (χ0v) is 10.3. The van der Waals surface area contributed by atoms with E-state index in [2.05, 4.69) is 31.0 Å². The molecule has 1 heterocycles. The number of nitrogens with zero attached hydrogens (tertiary/aromatic N) is 1. The van der Waals surface area contributed by atoms with Crippen molar-refractivity contribution in [2.75, 3.05) is 6.61 Å². The predicted molar refractivity (Wildman–Crippen MR) is 69.4 cm³/mol. The molecule has 0 bridgehead atoms. The Bertz CT molecular complexity index is 480. The minimum atomic E-state index is 0.690. The zero-order valence-electron chi connectivity index (χ0n) is 10.3. The van der Waals surface area contributed by atoms with Gasteiger partial charge in [0.05, 0.1) is 6.61 Å². The van der Waals surface area contributed by atoms with Crippen LogP contribution in [0.2, 0.25) is 0 Å². The van der Waals surface area contributed by atoms with Crippen molar-refractivity contribution < 1.29 is 4.74 Å². The summed E-state index contributed by atoms with van der Waals surface area (Å²) in [6.07, 6.45) is 4.56. The molecule has 88 valence electrons. The number of aryl methyl sites for hydroxylation is 1. The maximum Gasteiger partial charge on any atom is 0.122 e. The largest absolute Gasteiger partial charge is 0.493 e. The highest BCUT2D eigenvalue weighted by Crippen LogP contribution is 2.20. The smallest absolute Gasteiger partial charge is 0.122 e. The van der Waals surface area contributed by atoms with Gasteiger partial charge in [-0.3, -0.25) is 4.98 Å². The van der Waals surface area contributed by atoms with Crippen molar-refractivity contribution in [3.8, 4) is 5.75 Å². The van der Waals surface area contributed by atoms with Gasteiger partial charge in [-0.15, -0.1) is 0 Å². The molecule has 0 fully saturated rings. The van der Waals surface area contributed by atoms with Gasteiger partial charge in [0.15, 0.2) is 0 Å². The molecule has 0 aliphatic rings. The first kappa shape index (κ1) is 11.6. The molecule has 0 radical (unpaired) electrons. The molecule has 2 rings (SSSR count). The minimum Gasteiger partial charge on any atom is -0.493 e. The Labute approximate surface area is 102 Å². The molecule has 2 aromatic rings. The quantitative estimate of drug-likeness (QED) is 0.799. The van der Waals surface area contributed by atoms with Gasteiger partial charge in [0.2, 0.25) is 0 Å². The molecule has 2 nitrogen and oxygen atoms in total. The van der Waals surface area contributed by atoms with Crippen LogP contribution in [0.1, 0.15) is 16.7 Å². The summed E-state index contributed by atoms with van der Waals surface area (Å²) in [4.78, 5) is 4.09. The van der Waals surface area contributed by atoms with E-state index in [1.807, 2.05) is 24.4 Å². The fourth-order valence-corrected chi connectivity index (χ4v) is 1.71. The molecule has 2 heteroatoms. The van der Waals surface area contributed by atoms with Crippen LogP contribution in [0.3, 0.4) is 0 Å². The molecule has 0 atom stereocenters. The van der Waals surface area contributed by atoms with Crippen molar-refractivity contribution in [1.29, 1.82) is 0 Å². The fraction of sp³-hybridized carbons (Fsp3) is 0.267. The van der Waals surface area contributed by atoms with Crippen molar-refractivity contribution in [3.63, 3.8) is 0 Å². The van der Waals surface area contributed by atoms with Crippen LogP contribution in [-0.4, -0.2) is 11.6 Å². The van der Waals surface area contributed by atoms with Crippen LogP contribution >= 0.6 is 0 Å². The van der Waals surface area contributed by atoms with Crippen molar-refractivity contribution in [2.45, 2.75) is 20.3 Å². The molecule has 0 saturated carbocycles. The molecule has 0 aliphatic heterocycles. The van der Waals surface area contributed by atoms with Crippen LogP contribution in [0.4, 0.5) is 0 Å². The first-order valence-electron chi connectivity index (χ1n) is 5.85. The molecular weight excluding hydrogens is 210 g/mol. The monoisotopic (exact) mass is 227 g/mol. The average molecular weight is 227 g/mol. The Morgan fingerprint density at radius 3 is 2.76 bits per heavy atom. The summed E-state index contributed by atoms with van der Waals surface area (Å²) in [7, 11) is 0. The van der Waals surface area contributed by atoms with E-state index in [0.717, 1.165) is 12.2 Å². The van der Waals surface area contributed by atoms with Crippen LogP contribution in [0.25, 0.3) is 0 Å². The molecule has 17 heavy (non-hydrogen) atoms. The van der Waals surface area contributed by atoms with E-state index in [1.165, 1.54) is 16.7 Å². The van der Waals surface area contributed by atoms with Gasteiger partial charge in [0.1, 0.15) is 5.75 Å². The normalized spacial score (nSPS) is 10.2. The molecule has 0 spiro atoms. The first-order chi connectivity index (χ1) is 8.27. The summed E-state index contributed by atoms with van der Waals surface area (Å²) in [5, 5.41) is 0. The number of hydrogen-bond acceptors (Lipinski definition) is 2. The highest BCUT2D eigenvalue weighted by Gasteiger charge is 2.01. The second kappa shape index (κ2) is 5.48. The number of aromatic nitrogens is 1. The lowest BCUT2D eigenvalue weighted by atomic mass is 10.1. The molecular formula is C15H17NO. The molecule has 1 aromatic heterocycles. The van der Waals surface area contributed by atoms with Crippen molar-refractivity contribution in [3.05, 3.63) is 59.4 Å². The second-order valence-corrected chi connectivity index (χ2v) is 4.16. The van der Waals surface area contributed by atoms with E-state index < -0.39 is 0 Å². The fourth-order valence-electron chi connectivity index (χ4n) is 1.71. The SMILES string of the molecule is Cc1cccc(OCCc2cccnc2)c1C. The summed E-state index contributed by atoms with van der Waals surface area (Å²) in [5.74, 6) is 0.980. The highest BCUT2D eigenvalue weighted by molar-refractivity contribution is 5.38. The number of rotatable bonds is 4. The van der Waals surface area contributed by atoms with Crippen LogP contribution in [0, 0.1) is 13.8 Å². The molecule has 0 N–H and O–H groups in total. The molecule has 1 aromatic carbocycles. The summed E-state index contributed by atoms with van der Waals surface area (Å²) >= 11 is 0. The summed E-state index contributed by atoms with van der Waals surface area (Å²) in [6, 6.07) is 10.2. The van der Waals surface area contributed by atoms with Gasteiger partial charge in [-0.05, 0) is 42.7 Å². The van der Waals surface area contributed by atoms with Crippen LogP contribution in [0.15, 0.2) is 42.7 Å². The third-order valence-corrected chi connectivity index (χ3v) is 2.93. The van der Waals surface area contributed by atoms with E-state index in [9.17, 15) is 0 Å². The van der Waals surface area contributed by atoms with Gasteiger partial charge in [0.25, 0.3) is 0 Å². The number of ether oxygens (including phenoxy) is 1. The third kappa shape index (κ3) is 3.06. The van der Waals surface area contributed by atoms with Crippen LogP contribution in [0.5, 0.6) is 5.75 Å². The van der Waals surface area contributed by atoms with E-state index in [0.29, 0.717) is 6.61 Å². The first-order valence-corrected chi connectivity index (χ1v) is 5.85. The summed E-state index contributed by atoms with van der Waals surface area (Å²) in [5.41, 5.74) is 3.69. The minimum absolute atomic E-state index is 0.690. The summed E-state index contributed by atoms with van der Waals surface area (Å²) in [6.45, 7) is 4.88. The third-order valence-electron chi connectivity index (χ3n) is 2.93. The van der Waals surface area contributed by atoms with Crippen molar-refractivity contribution >= 4 is 0 Å². The van der Waals surface area contributed by atoms with Crippen LogP contribution < -0.4 is 4.74 Å². The molecule has 0 aliphatic carbocycles. The van der Waals surface area contributed by atoms with Gasteiger partial charge in [0, 0.05) is 18.8 Å². The van der Waals surface area contributed by atoms with Crippen molar-refractivity contribution in [1.82, 2.24) is 4.98 Å². The van der Waals surface area contributed by atoms with Gasteiger partial charge < -0.3 is 4.74 Å². The lowest BCUT2D eigenvalue weighted by molar-refractivity contribution is 0.319. The lowest BCUT2D eigenvalue weighted by Crippen LogP contribution is -2.03. The lowest BCUT2D eigenvalue weighted by Gasteiger charge is -2.10. The molecule has 0 saturated heterocycles. The Kier molecular flexibility index (Phi) is 3.76. The van der Waals surface area contributed by atoms with E-state index >= 15 is 0 Å². The Hall–Kier alpha value is -1.83. The Balaban J connectivity index is 1.93. The number of benzene rings is 1. The van der Waals surface area contributed by atoms with Gasteiger partial charge >= 0.3 is 0 Å². The molecule has 0 unspecified atom stereocenters. The standard InChI is InChI=1S/C15H17NO/c1-12-5-3-7-15(13(12)2)17-10-8-14-6-4-9-16-11-14/h3-7,9,11H,8,10H2,1-2H3. The highest BCUT2D eigenvalue weighted by atomic mass is 16.5. The van der Waals surface area contributed by atoms with Gasteiger partial charge in [-0.2, -0.15) is 0 Å². The Morgan fingerprint density at radius 2 is 2.00 bits per heavy atom. The predicted octanol–water partition coefficient (Wildman–Crippen LogP) is 3.32. The Morgan fingerprint density at radius 1 is 1.12 bits per heavy atom. The maximum absolute atomic E-state index is 5.79. The van der Waals surface area contributed by atoms with E-state index in [-0.39, 0.29) is 0 Å².